The summed E-state index contributed by atoms with van der Waals surface area (Å²) in [5.74, 6) is 1.43. The Morgan fingerprint density at radius 3 is 2.71 bits per heavy atom. The van der Waals surface area contributed by atoms with Crippen molar-refractivity contribution in [1.29, 1.82) is 0 Å². The minimum atomic E-state index is -0.0399. The van der Waals surface area contributed by atoms with Crippen LogP contribution in [-0.4, -0.2) is 28.2 Å². The maximum absolute atomic E-state index is 4.45. The first-order valence-electron chi connectivity index (χ1n) is 5.88. The monoisotopic (exact) mass is 235 g/mol. The zero-order chi connectivity index (χ0) is 12.7. The summed E-state index contributed by atoms with van der Waals surface area (Å²) in [7, 11) is 0. The standard InChI is InChI=1S/C12H21N5/c1-5-8-13-11(16-12(2,3)4)15-10-7-6-9-14-17-10/h6-7,9H,5,8H2,1-4H3,(H2,13,15,16,17). The molecule has 0 spiro atoms. The lowest BCUT2D eigenvalue weighted by atomic mass is 10.1. The molecule has 0 amide bonds. The molecule has 0 saturated carbocycles. The first kappa shape index (κ1) is 13.4. The Morgan fingerprint density at radius 2 is 2.18 bits per heavy atom. The van der Waals surface area contributed by atoms with Crippen LogP contribution < -0.4 is 10.6 Å². The lowest BCUT2D eigenvalue weighted by Gasteiger charge is -2.23. The molecule has 0 radical (unpaired) electrons. The molecule has 0 atom stereocenters. The Hall–Kier alpha value is -1.65. The van der Waals surface area contributed by atoms with Gasteiger partial charge >= 0.3 is 0 Å². The number of aromatic nitrogens is 2. The van der Waals surface area contributed by atoms with Crippen molar-refractivity contribution in [3.05, 3.63) is 18.3 Å². The quantitative estimate of drug-likeness (QED) is 0.621. The van der Waals surface area contributed by atoms with Gasteiger partial charge in [0.15, 0.2) is 11.8 Å². The minimum Gasteiger partial charge on any atom is -0.351 e. The van der Waals surface area contributed by atoms with E-state index in [0.29, 0.717) is 5.82 Å². The number of aliphatic imine (C=N–C) groups is 1. The molecule has 94 valence electrons. The molecule has 5 heteroatoms. The van der Waals surface area contributed by atoms with E-state index < -0.39 is 0 Å². The molecule has 0 aliphatic rings. The molecule has 0 aliphatic carbocycles. The van der Waals surface area contributed by atoms with Gasteiger partial charge in [0.1, 0.15) is 0 Å². The third-order valence-electron chi connectivity index (χ3n) is 1.81. The van der Waals surface area contributed by atoms with E-state index in [0.717, 1.165) is 18.9 Å². The van der Waals surface area contributed by atoms with Crippen molar-refractivity contribution in [2.45, 2.75) is 39.7 Å². The van der Waals surface area contributed by atoms with Crippen LogP contribution in [0.3, 0.4) is 0 Å². The van der Waals surface area contributed by atoms with E-state index >= 15 is 0 Å². The second-order valence-corrected chi connectivity index (χ2v) is 4.84. The molecule has 1 aromatic rings. The van der Waals surface area contributed by atoms with E-state index in [9.17, 15) is 0 Å². The first-order valence-corrected chi connectivity index (χ1v) is 5.88. The van der Waals surface area contributed by atoms with E-state index in [1.807, 2.05) is 12.1 Å². The summed E-state index contributed by atoms with van der Waals surface area (Å²) >= 11 is 0. The summed E-state index contributed by atoms with van der Waals surface area (Å²) in [5, 5.41) is 14.2. The number of hydrogen-bond donors (Lipinski definition) is 2. The van der Waals surface area contributed by atoms with Gasteiger partial charge in [0.25, 0.3) is 0 Å². The lowest BCUT2D eigenvalue weighted by Crippen LogP contribution is -2.44. The number of guanidine groups is 1. The van der Waals surface area contributed by atoms with Gasteiger partial charge in [-0.05, 0) is 39.3 Å². The van der Waals surface area contributed by atoms with Gasteiger partial charge in [0, 0.05) is 18.3 Å². The normalized spacial score (nSPS) is 12.4. The van der Waals surface area contributed by atoms with Crippen molar-refractivity contribution in [3.63, 3.8) is 0 Å². The van der Waals surface area contributed by atoms with E-state index in [1.165, 1.54) is 0 Å². The molecule has 0 aliphatic heterocycles. The zero-order valence-corrected chi connectivity index (χ0v) is 11.0. The maximum Gasteiger partial charge on any atom is 0.197 e. The third-order valence-corrected chi connectivity index (χ3v) is 1.81. The first-order chi connectivity index (χ1) is 8.01. The molecule has 0 unspecified atom stereocenters. The molecular formula is C12H21N5. The van der Waals surface area contributed by atoms with Gasteiger partial charge in [-0.3, -0.25) is 4.99 Å². The van der Waals surface area contributed by atoms with E-state index in [4.69, 9.17) is 0 Å². The maximum atomic E-state index is 4.45. The number of rotatable bonds is 3. The highest BCUT2D eigenvalue weighted by atomic mass is 15.3. The van der Waals surface area contributed by atoms with Crippen molar-refractivity contribution in [2.24, 2.45) is 4.99 Å². The van der Waals surface area contributed by atoms with Crippen molar-refractivity contribution in [2.75, 3.05) is 11.9 Å². The summed E-state index contributed by atoms with van der Waals surface area (Å²) in [6.07, 6.45) is 2.66. The van der Waals surface area contributed by atoms with Crippen LogP contribution in [0.1, 0.15) is 34.1 Å². The number of hydrogen-bond acceptors (Lipinski definition) is 3. The lowest BCUT2D eigenvalue weighted by molar-refractivity contribution is 0.510. The van der Waals surface area contributed by atoms with Crippen LogP contribution >= 0.6 is 0 Å². The highest BCUT2D eigenvalue weighted by Crippen LogP contribution is 2.02. The highest BCUT2D eigenvalue weighted by Gasteiger charge is 2.12. The minimum absolute atomic E-state index is 0.0399. The molecule has 17 heavy (non-hydrogen) atoms. The Bertz CT molecular complexity index is 353. The molecule has 2 N–H and O–H groups in total. The summed E-state index contributed by atoms with van der Waals surface area (Å²) < 4.78 is 0. The van der Waals surface area contributed by atoms with E-state index in [1.54, 1.807) is 6.20 Å². The van der Waals surface area contributed by atoms with Crippen LogP contribution in [0.15, 0.2) is 23.3 Å². The predicted octanol–water partition coefficient (Wildman–Crippen LogP) is 2.04. The second kappa shape index (κ2) is 6.18. The Labute approximate surface area is 103 Å². The Balaban J connectivity index is 2.71. The molecule has 0 bridgehead atoms. The number of anilines is 1. The van der Waals surface area contributed by atoms with E-state index in [-0.39, 0.29) is 5.54 Å². The Kier molecular flexibility index (Phi) is 4.87. The summed E-state index contributed by atoms with van der Waals surface area (Å²) in [6.45, 7) is 9.15. The van der Waals surface area contributed by atoms with Gasteiger partial charge in [-0.25, -0.2) is 0 Å². The van der Waals surface area contributed by atoms with Gasteiger partial charge in [-0.15, -0.1) is 5.10 Å². The van der Waals surface area contributed by atoms with Crippen LogP contribution in [0.5, 0.6) is 0 Å². The van der Waals surface area contributed by atoms with Crippen LogP contribution in [-0.2, 0) is 0 Å². The molecule has 0 fully saturated rings. The zero-order valence-electron chi connectivity index (χ0n) is 11.0. The molecule has 0 saturated heterocycles. The van der Waals surface area contributed by atoms with E-state index in [2.05, 4.69) is 53.5 Å². The largest absolute Gasteiger partial charge is 0.351 e. The predicted molar refractivity (Wildman–Crippen MR) is 71.1 cm³/mol. The highest BCUT2D eigenvalue weighted by molar-refractivity contribution is 5.93. The fraction of sp³-hybridized carbons (Fsp3) is 0.583. The fourth-order valence-electron chi connectivity index (χ4n) is 1.18. The molecule has 1 rings (SSSR count). The third kappa shape index (κ3) is 5.85. The molecule has 0 aromatic carbocycles. The number of nitrogens with zero attached hydrogens (tertiary/aromatic N) is 3. The van der Waals surface area contributed by atoms with Gasteiger partial charge in [-0.1, -0.05) is 6.92 Å². The topological polar surface area (TPSA) is 62.2 Å². The molecule has 1 aromatic heterocycles. The van der Waals surface area contributed by atoms with Crippen molar-refractivity contribution >= 4 is 11.8 Å². The van der Waals surface area contributed by atoms with Crippen LogP contribution in [0.4, 0.5) is 5.82 Å². The fourth-order valence-corrected chi connectivity index (χ4v) is 1.18. The molecular weight excluding hydrogens is 214 g/mol. The summed E-state index contributed by atoms with van der Waals surface area (Å²) in [5.41, 5.74) is -0.0399. The van der Waals surface area contributed by atoms with Crippen molar-refractivity contribution in [3.8, 4) is 0 Å². The van der Waals surface area contributed by atoms with Crippen molar-refractivity contribution in [1.82, 2.24) is 15.5 Å². The average Bonchev–Trinajstić information content (AvgIpc) is 2.25. The SMILES string of the molecule is CCCN=C(Nc1cccnn1)NC(C)(C)C. The average molecular weight is 235 g/mol. The van der Waals surface area contributed by atoms with Crippen LogP contribution in [0.25, 0.3) is 0 Å². The molecule has 1 heterocycles. The van der Waals surface area contributed by atoms with Crippen LogP contribution in [0.2, 0.25) is 0 Å². The van der Waals surface area contributed by atoms with Gasteiger partial charge < -0.3 is 10.6 Å². The number of nitrogens with one attached hydrogen (secondary N) is 2. The van der Waals surface area contributed by atoms with Gasteiger partial charge in [-0.2, -0.15) is 5.10 Å². The van der Waals surface area contributed by atoms with Crippen LogP contribution in [0, 0.1) is 0 Å². The van der Waals surface area contributed by atoms with Crippen molar-refractivity contribution < 1.29 is 0 Å². The summed E-state index contributed by atoms with van der Waals surface area (Å²) in [4.78, 5) is 4.45. The van der Waals surface area contributed by atoms with Gasteiger partial charge in [0.2, 0.25) is 0 Å². The smallest absolute Gasteiger partial charge is 0.197 e. The van der Waals surface area contributed by atoms with Gasteiger partial charge in [0.05, 0.1) is 0 Å². The Morgan fingerprint density at radius 1 is 1.41 bits per heavy atom. The molecule has 5 nitrogen and oxygen atoms in total. The summed E-state index contributed by atoms with van der Waals surface area (Å²) in [6, 6.07) is 3.70. The second-order valence-electron chi connectivity index (χ2n) is 4.84.